The third-order valence-electron chi connectivity index (χ3n) is 3.88. The number of carbonyl (C=O) groups excluding carboxylic acids is 1. The fraction of sp³-hybridized carbons (Fsp3) is 0.923. The highest BCUT2D eigenvalue weighted by Crippen LogP contribution is 2.28. The van der Waals surface area contributed by atoms with Crippen LogP contribution in [0.25, 0.3) is 0 Å². The molecule has 1 fully saturated rings. The van der Waals surface area contributed by atoms with Gasteiger partial charge in [-0.3, -0.25) is 4.79 Å². The van der Waals surface area contributed by atoms with Crippen molar-refractivity contribution in [2.45, 2.75) is 65.5 Å². The minimum absolute atomic E-state index is 0.0805. The summed E-state index contributed by atoms with van der Waals surface area (Å²) >= 11 is 0. The second kappa shape index (κ2) is 5.17. The number of amides is 1. The Morgan fingerprint density at radius 3 is 2.62 bits per heavy atom. The Kier molecular flexibility index (Phi) is 4.36. The molecule has 0 saturated carbocycles. The van der Waals surface area contributed by atoms with Crippen molar-refractivity contribution >= 4 is 5.91 Å². The molecule has 1 aliphatic heterocycles. The second-order valence-electron chi connectivity index (χ2n) is 5.66. The van der Waals surface area contributed by atoms with Crippen LogP contribution in [0.15, 0.2) is 0 Å². The van der Waals surface area contributed by atoms with E-state index in [-0.39, 0.29) is 23.4 Å². The van der Waals surface area contributed by atoms with Crippen LogP contribution < -0.4 is 5.73 Å². The smallest absolute Gasteiger partial charge is 0.228 e. The minimum Gasteiger partial charge on any atom is -0.338 e. The summed E-state index contributed by atoms with van der Waals surface area (Å²) in [5.74, 6) is 0.275. The van der Waals surface area contributed by atoms with Gasteiger partial charge in [0, 0.05) is 24.0 Å². The molecule has 1 rings (SSSR count). The zero-order valence-corrected chi connectivity index (χ0v) is 11.1. The number of nitrogens with two attached hydrogens (primary N) is 1. The lowest BCUT2D eigenvalue weighted by molar-refractivity contribution is -0.144. The van der Waals surface area contributed by atoms with Gasteiger partial charge in [0.15, 0.2) is 0 Å². The molecule has 3 nitrogen and oxygen atoms in total. The van der Waals surface area contributed by atoms with E-state index in [0.29, 0.717) is 0 Å². The van der Waals surface area contributed by atoms with Crippen LogP contribution in [0.4, 0.5) is 0 Å². The van der Waals surface area contributed by atoms with Crippen molar-refractivity contribution in [3.05, 3.63) is 0 Å². The maximum Gasteiger partial charge on any atom is 0.228 e. The van der Waals surface area contributed by atoms with Gasteiger partial charge in [-0.1, -0.05) is 20.8 Å². The summed E-state index contributed by atoms with van der Waals surface area (Å²) in [5.41, 5.74) is 5.74. The zero-order valence-electron chi connectivity index (χ0n) is 11.1. The van der Waals surface area contributed by atoms with Crippen LogP contribution >= 0.6 is 0 Å². The van der Waals surface area contributed by atoms with Gasteiger partial charge in [-0.25, -0.2) is 0 Å². The lowest BCUT2D eigenvalue weighted by atomic mass is 9.86. The number of carbonyl (C=O) groups is 1. The van der Waals surface area contributed by atoms with E-state index in [2.05, 4.69) is 6.92 Å². The van der Waals surface area contributed by atoms with E-state index in [4.69, 9.17) is 5.73 Å². The van der Waals surface area contributed by atoms with Gasteiger partial charge in [0.05, 0.1) is 0 Å². The molecular formula is C13H26N2O. The minimum atomic E-state index is -0.246. The molecule has 0 bridgehead atoms. The topological polar surface area (TPSA) is 46.3 Å². The van der Waals surface area contributed by atoms with Crippen LogP contribution in [0.1, 0.15) is 53.4 Å². The van der Waals surface area contributed by atoms with E-state index < -0.39 is 0 Å². The van der Waals surface area contributed by atoms with Crippen LogP contribution in [-0.2, 0) is 4.79 Å². The molecule has 1 aliphatic rings. The van der Waals surface area contributed by atoms with Crippen molar-refractivity contribution in [2.75, 3.05) is 6.54 Å². The molecule has 0 aromatic carbocycles. The Labute approximate surface area is 99.4 Å². The second-order valence-corrected chi connectivity index (χ2v) is 5.66. The summed E-state index contributed by atoms with van der Waals surface area (Å²) in [6.45, 7) is 9.02. The van der Waals surface area contributed by atoms with Crippen molar-refractivity contribution in [3.63, 3.8) is 0 Å². The highest BCUT2D eigenvalue weighted by molar-refractivity contribution is 5.82. The molecule has 0 aliphatic carbocycles. The van der Waals surface area contributed by atoms with E-state index in [9.17, 15) is 4.79 Å². The molecule has 1 amide bonds. The molecule has 1 saturated heterocycles. The van der Waals surface area contributed by atoms with Crippen molar-refractivity contribution in [2.24, 2.45) is 11.1 Å². The average molecular weight is 226 g/mol. The first-order chi connectivity index (χ1) is 7.40. The highest BCUT2D eigenvalue weighted by Gasteiger charge is 2.36. The molecule has 94 valence electrons. The first kappa shape index (κ1) is 13.5. The SMILES string of the molecule is CCC(C)(C)C(=O)N1CCCCC1C(C)N. The number of hydrogen-bond donors (Lipinski definition) is 1. The normalized spacial score (nSPS) is 24.3. The molecule has 0 aromatic rings. The van der Waals surface area contributed by atoms with Crippen molar-refractivity contribution in [1.82, 2.24) is 4.90 Å². The van der Waals surface area contributed by atoms with Gasteiger partial charge in [0.25, 0.3) is 0 Å². The van der Waals surface area contributed by atoms with Gasteiger partial charge in [-0.05, 0) is 32.6 Å². The molecule has 2 N–H and O–H groups in total. The molecule has 2 atom stereocenters. The first-order valence-corrected chi connectivity index (χ1v) is 6.47. The van der Waals surface area contributed by atoms with Crippen molar-refractivity contribution < 1.29 is 4.79 Å². The fourth-order valence-electron chi connectivity index (χ4n) is 2.30. The maximum absolute atomic E-state index is 12.4. The molecular weight excluding hydrogens is 200 g/mol. The van der Waals surface area contributed by atoms with E-state index in [1.165, 1.54) is 6.42 Å². The molecule has 0 aromatic heterocycles. The predicted molar refractivity (Wildman–Crippen MR) is 67.1 cm³/mol. The lowest BCUT2D eigenvalue weighted by Gasteiger charge is -2.41. The van der Waals surface area contributed by atoms with Gasteiger partial charge < -0.3 is 10.6 Å². The van der Waals surface area contributed by atoms with Crippen LogP contribution in [-0.4, -0.2) is 29.4 Å². The lowest BCUT2D eigenvalue weighted by Crippen LogP contribution is -2.54. The third kappa shape index (κ3) is 2.76. The zero-order chi connectivity index (χ0) is 12.3. The number of piperidine rings is 1. The van der Waals surface area contributed by atoms with Gasteiger partial charge in [0.1, 0.15) is 0 Å². The van der Waals surface area contributed by atoms with E-state index >= 15 is 0 Å². The fourth-order valence-corrected chi connectivity index (χ4v) is 2.30. The third-order valence-corrected chi connectivity index (χ3v) is 3.88. The summed E-state index contributed by atoms with van der Waals surface area (Å²) < 4.78 is 0. The molecule has 2 unspecified atom stereocenters. The van der Waals surface area contributed by atoms with Gasteiger partial charge in [0.2, 0.25) is 5.91 Å². The first-order valence-electron chi connectivity index (χ1n) is 6.47. The Morgan fingerprint density at radius 2 is 2.12 bits per heavy atom. The van der Waals surface area contributed by atoms with Crippen LogP contribution in [0.2, 0.25) is 0 Å². The Balaban J connectivity index is 2.79. The van der Waals surface area contributed by atoms with Crippen LogP contribution in [0, 0.1) is 5.41 Å². The summed E-state index contributed by atoms with van der Waals surface area (Å²) in [7, 11) is 0. The largest absolute Gasteiger partial charge is 0.338 e. The Hall–Kier alpha value is -0.570. The molecule has 0 spiro atoms. The Morgan fingerprint density at radius 1 is 1.50 bits per heavy atom. The van der Waals surface area contributed by atoms with Crippen LogP contribution in [0.5, 0.6) is 0 Å². The summed E-state index contributed by atoms with van der Waals surface area (Å²) in [6.07, 6.45) is 4.26. The summed E-state index contributed by atoms with van der Waals surface area (Å²) in [6, 6.07) is 0.323. The number of hydrogen-bond acceptors (Lipinski definition) is 2. The van der Waals surface area contributed by atoms with E-state index in [1.54, 1.807) is 0 Å². The standard InChI is InChI=1S/C13H26N2O/c1-5-13(3,4)12(16)15-9-7-6-8-11(15)10(2)14/h10-11H,5-9,14H2,1-4H3. The summed E-state index contributed by atoms with van der Waals surface area (Å²) in [4.78, 5) is 14.5. The molecule has 1 heterocycles. The van der Waals surface area contributed by atoms with E-state index in [1.807, 2.05) is 25.7 Å². The summed E-state index contributed by atoms with van der Waals surface area (Å²) in [5, 5.41) is 0. The van der Waals surface area contributed by atoms with Gasteiger partial charge in [-0.2, -0.15) is 0 Å². The predicted octanol–water partition coefficient (Wildman–Crippen LogP) is 2.15. The average Bonchev–Trinajstić information content (AvgIpc) is 2.28. The quantitative estimate of drug-likeness (QED) is 0.801. The molecule has 3 heteroatoms. The van der Waals surface area contributed by atoms with Gasteiger partial charge >= 0.3 is 0 Å². The molecule has 16 heavy (non-hydrogen) atoms. The monoisotopic (exact) mass is 226 g/mol. The number of nitrogens with zero attached hydrogens (tertiary/aromatic N) is 1. The number of rotatable bonds is 3. The van der Waals surface area contributed by atoms with Gasteiger partial charge in [-0.15, -0.1) is 0 Å². The molecule has 0 radical (unpaired) electrons. The Bertz CT molecular complexity index is 248. The van der Waals surface area contributed by atoms with E-state index in [0.717, 1.165) is 25.8 Å². The van der Waals surface area contributed by atoms with Crippen LogP contribution in [0.3, 0.4) is 0 Å². The number of likely N-dealkylation sites (tertiary alicyclic amines) is 1. The highest BCUT2D eigenvalue weighted by atomic mass is 16.2. The maximum atomic E-state index is 12.4. The van der Waals surface area contributed by atoms with Crippen molar-refractivity contribution in [1.29, 1.82) is 0 Å². The van der Waals surface area contributed by atoms with Crippen molar-refractivity contribution in [3.8, 4) is 0 Å².